The Bertz CT molecular complexity index is 831. The van der Waals surface area contributed by atoms with Crippen LogP contribution in [0.3, 0.4) is 0 Å². The van der Waals surface area contributed by atoms with Crippen molar-refractivity contribution in [2.45, 2.75) is 70.3 Å². The molecule has 0 aliphatic heterocycles. The molecule has 1 aliphatic rings. The minimum absolute atomic E-state index is 0.149. The molecular weight excluding hydrogens is 404 g/mol. The van der Waals surface area contributed by atoms with Gasteiger partial charge in [0.05, 0.1) is 6.08 Å². The molecule has 0 N–H and O–H groups in total. The number of benzene rings is 2. The van der Waals surface area contributed by atoms with Gasteiger partial charge in [0.15, 0.2) is 0 Å². The van der Waals surface area contributed by atoms with Crippen LogP contribution in [0.4, 0.5) is 17.6 Å². The first kappa shape index (κ1) is 23.4. The van der Waals surface area contributed by atoms with Gasteiger partial charge in [-0.2, -0.15) is 17.6 Å². The highest BCUT2D eigenvalue weighted by atomic mass is 19.3. The van der Waals surface area contributed by atoms with Crippen LogP contribution in [0, 0.1) is 5.92 Å². The highest BCUT2D eigenvalue weighted by Crippen LogP contribution is 2.37. The average molecular weight is 435 g/mol. The summed E-state index contributed by atoms with van der Waals surface area (Å²) in [5.41, 5.74) is 3.64. The smallest absolute Gasteiger partial charge is 0.425 e. The summed E-state index contributed by atoms with van der Waals surface area (Å²) in [6.07, 6.45) is 2.48. The molecule has 0 saturated heterocycles. The highest BCUT2D eigenvalue weighted by molar-refractivity contribution is 5.30. The fraction of sp³-hybridized carbons (Fsp3) is 0.462. The van der Waals surface area contributed by atoms with E-state index in [1.807, 2.05) is 0 Å². The van der Waals surface area contributed by atoms with Gasteiger partial charge in [-0.3, -0.25) is 0 Å². The van der Waals surface area contributed by atoms with E-state index in [9.17, 15) is 17.6 Å². The Labute approximate surface area is 182 Å². The zero-order chi connectivity index (χ0) is 22.3. The summed E-state index contributed by atoms with van der Waals surface area (Å²) in [6.45, 7) is 2.26. The van der Waals surface area contributed by atoms with Crippen molar-refractivity contribution in [3.8, 4) is 5.75 Å². The molecule has 0 radical (unpaired) electrons. The van der Waals surface area contributed by atoms with Crippen LogP contribution in [-0.4, -0.2) is 6.11 Å². The molecule has 0 aromatic heterocycles. The molecule has 0 unspecified atom stereocenters. The average Bonchev–Trinajstić information content (AvgIpc) is 2.73. The Balaban J connectivity index is 1.49. The Morgan fingerprint density at radius 1 is 0.903 bits per heavy atom. The molecule has 2 aromatic rings. The lowest BCUT2D eigenvalue weighted by Crippen LogP contribution is -2.21. The summed E-state index contributed by atoms with van der Waals surface area (Å²) >= 11 is 0. The lowest BCUT2D eigenvalue weighted by Gasteiger charge is -2.28. The van der Waals surface area contributed by atoms with Crippen molar-refractivity contribution in [3.63, 3.8) is 0 Å². The Hall–Kier alpha value is -2.30. The zero-order valence-electron chi connectivity index (χ0n) is 17.9. The van der Waals surface area contributed by atoms with Crippen molar-refractivity contribution < 1.29 is 22.3 Å². The third-order valence-electron chi connectivity index (χ3n) is 6.15. The standard InChI is InChI=1S/C26H30F4O/c1-2-3-19-6-12-22(13-7-19)23-14-8-20(9-15-23)4-5-21-10-16-24(17-11-21)31-26(29,30)18-25(27)28/h8-11,14-19,22H,2-7,12-13H2,1H3. The topological polar surface area (TPSA) is 9.23 Å². The molecule has 0 spiro atoms. The number of hydrogen-bond donors (Lipinski definition) is 0. The van der Waals surface area contributed by atoms with Crippen LogP contribution in [0.1, 0.15) is 68.1 Å². The molecular formula is C26H30F4O. The molecule has 1 aliphatic carbocycles. The molecule has 1 saturated carbocycles. The molecule has 3 rings (SSSR count). The third-order valence-corrected chi connectivity index (χ3v) is 6.15. The SMILES string of the molecule is CCCC1CCC(c2ccc(CCc3ccc(OC(F)(F)C=C(F)F)cc3)cc2)CC1. The maximum Gasteiger partial charge on any atom is 0.425 e. The summed E-state index contributed by atoms with van der Waals surface area (Å²) in [4.78, 5) is 0. The quantitative estimate of drug-likeness (QED) is 0.361. The monoisotopic (exact) mass is 434 g/mol. The van der Waals surface area contributed by atoms with Crippen LogP contribution in [-0.2, 0) is 12.8 Å². The molecule has 2 aromatic carbocycles. The minimum Gasteiger partial charge on any atom is -0.429 e. The second-order valence-corrected chi connectivity index (χ2v) is 8.49. The summed E-state index contributed by atoms with van der Waals surface area (Å²) in [5, 5.41) is 0. The van der Waals surface area contributed by atoms with E-state index in [1.165, 1.54) is 61.8 Å². The molecule has 0 heterocycles. The summed E-state index contributed by atoms with van der Waals surface area (Å²) in [6, 6.07) is 15.0. The lowest BCUT2D eigenvalue weighted by atomic mass is 9.77. The van der Waals surface area contributed by atoms with Gasteiger partial charge in [-0.05, 0) is 79.2 Å². The number of hydrogen-bond acceptors (Lipinski definition) is 1. The van der Waals surface area contributed by atoms with E-state index in [4.69, 9.17) is 0 Å². The number of alkyl halides is 2. The van der Waals surface area contributed by atoms with Gasteiger partial charge in [0, 0.05) is 0 Å². The molecule has 1 nitrogen and oxygen atoms in total. The van der Waals surface area contributed by atoms with Gasteiger partial charge in [0.1, 0.15) is 5.75 Å². The lowest BCUT2D eigenvalue weighted by molar-refractivity contribution is -0.133. The van der Waals surface area contributed by atoms with E-state index in [0.29, 0.717) is 5.92 Å². The number of halogens is 4. The Morgan fingerprint density at radius 3 is 1.97 bits per heavy atom. The predicted octanol–water partition coefficient (Wildman–Crippen LogP) is 8.30. The van der Waals surface area contributed by atoms with Crippen molar-refractivity contribution in [1.82, 2.24) is 0 Å². The number of rotatable bonds is 9. The zero-order valence-corrected chi connectivity index (χ0v) is 17.9. The van der Waals surface area contributed by atoms with Crippen molar-refractivity contribution in [2.24, 2.45) is 5.92 Å². The predicted molar refractivity (Wildman–Crippen MR) is 116 cm³/mol. The second-order valence-electron chi connectivity index (χ2n) is 8.49. The van der Waals surface area contributed by atoms with E-state index in [1.54, 1.807) is 12.1 Å². The fourth-order valence-electron chi connectivity index (χ4n) is 4.48. The fourth-order valence-corrected chi connectivity index (χ4v) is 4.48. The molecule has 5 heteroatoms. The Morgan fingerprint density at radius 2 is 1.45 bits per heavy atom. The largest absolute Gasteiger partial charge is 0.429 e. The van der Waals surface area contributed by atoms with E-state index in [2.05, 4.69) is 35.9 Å². The van der Waals surface area contributed by atoms with Crippen LogP contribution in [0.25, 0.3) is 0 Å². The van der Waals surface area contributed by atoms with E-state index in [-0.39, 0.29) is 5.75 Å². The molecule has 0 amide bonds. The normalized spacial score (nSPS) is 19.1. The number of aryl methyl sites for hydroxylation is 2. The van der Waals surface area contributed by atoms with Gasteiger partial charge >= 0.3 is 6.11 Å². The maximum atomic E-state index is 13.3. The van der Waals surface area contributed by atoms with Crippen LogP contribution in [0.2, 0.25) is 0 Å². The van der Waals surface area contributed by atoms with Gasteiger partial charge in [-0.25, -0.2) is 0 Å². The summed E-state index contributed by atoms with van der Waals surface area (Å²) in [7, 11) is 0. The molecule has 0 bridgehead atoms. The van der Waals surface area contributed by atoms with E-state index in [0.717, 1.165) is 24.3 Å². The first-order valence-electron chi connectivity index (χ1n) is 11.1. The Kier molecular flexibility index (Phi) is 8.16. The molecule has 31 heavy (non-hydrogen) atoms. The van der Waals surface area contributed by atoms with Gasteiger partial charge in [-0.1, -0.05) is 56.2 Å². The minimum atomic E-state index is -4.03. The van der Waals surface area contributed by atoms with Gasteiger partial charge in [0.2, 0.25) is 0 Å². The van der Waals surface area contributed by atoms with Crippen LogP contribution >= 0.6 is 0 Å². The van der Waals surface area contributed by atoms with E-state index < -0.39 is 18.3 Å². The maximum absolute atomic E-state index is 13.3. The van der Waals surface area contributed by atoms with Gasteiger partial charge in [0.25, 0.3) is 6.08 Å². The molecule has 0 atom stereocenters. The molecule has 168 valence electrons. The van der Waals surface area contributed by atoms with E-state index >= 15 is 0 Å². The van der Waals surface area contributed by atoms with Crippen molar-refractivity contribution in [1.29, 1.82) is 0 Å². The van der Waals surface area contributed by atoms with Crippen LogP contribution in [0.15, 0.2) is 60.7 Å². The third kappa shape index (κ3) is 7.41. The first-order valence-corrected chi connectivity index (χ1v) is 11.1. The second kappa shape index (κ2) is 10.8. The highest BCUT2D eigenvalue weighted by Gasteiger charge is 2.30. The first-order chi connectivity index (χ1) is 14.8. The number of ether oxygens (including phenoxy) is 1. The van der Waals surface area contributed by atoms with Crippen LogP contribution < -0.4 is 4.74 Å². The molecule has 1 fully saturated rings. The van der Waals surface area contributed by atoms with Gasteiger partial charge in [-0.15, -0.1) is 0 Å². The van der Waals surface area contributed by atoms with Crippen LogP contribution in [0.5, 0.6) is 5.75 Å². The summed E-state index contributed by atoms with van der Waals surface area (Å²) < 4.78 is 54.9. The van der Waals surface area contributed by atoms with Crippen molar-refractivity contribution in [2.75, 3.05) is 0 Å². The van der Waals surface area contributed by atoms with Crippen molar-refractivity contribution in [3.05, 3.63) is 77.4 Å². The van der Waals surface area contributed by atoms with Gasteiger partial charge < -0.3 is 4.74 Å². The van der Waals surface area contributed by atoms with Crippen molar-refractivity contribution >= 4 is 0 Å². The summed E-state index contributed by atoms with van der Waals surface area (Å²) in [5.74, 6) is 1.43.